The molecule has 0 saturated carbocycles. The fourth-order valence-corrected chi connectivity index (χ4v) is 4.51. The molecule has 0 N–H and O–H groups in total. The molecule has 0 atom stereocenters. The van der Waals surface area contributed by atoms with Gasteiger partial charge < -0.3 is 14.5 Å². The maximum Gasteiger partial charge on any atom is 0.274 e. The molecule has 1 aliphatic rings. The van der Waals surface area contributed by atoms with Gasteiger partial charge in [0.15, 0.2) is 5.69 Å². The summed E-state index contributed by atoms with van der Waals surface area (Å²) in [5.74, 6) is 0.707. The Morgan fingerprint density at radius 3 is 2.33 bits per heavy atom. The van der Waals surface area contributed by atoms with Crippen LogP contribution in [0.25, 0.3) is 16.9 Å². The third-order valence-corrected chi connectivity index (χ3v) is 6.46. The fraction of sp³-hybridized carbons (Fsp3) is 0.207. The summed E-state index contributed by atoms with van der Waals surface area (Å²) in [6.07, 6.45) is 0.858. The van der Waals surface area contributed by atoms with Crippen molar-refractivity contribution in [1.82, 2.24) is 14.7 Å². The lowest BCUT2D eigenvalue weighted by atomic mass is 10.1. The van der Waals surface area contributed by atoms with Crippen molar-refractivity contribution in [2.24, 2.45) is 0 Å². The van der Waals surface area contributed by atoms with E-state index in [2.05, 4.69) is 11.0 Å². The van der Waals surface area contributed by atoms with Crippen molar-refractivity contribution in [2.75, 3.05) is 38.2 Å². The molecular weight excluding hydrogens is 450 g/mol. The average molecular weight is 478 g/mol. The molecule has 5 rings (SSSR count). The number of hydrogen-bond acceptors (Lipinski definition) is 5. The number of carbonyl (C=O) groups is 1. The molecule has 1 fully saturated rings. The SMILES string of the molecule is COc1ccc(-c2cc(C(=O)N3CCCN(c4ccc(C#N)cc4)CC3)nn2-c2ccccc2)cc1. The van der Waals surface area contributed by atoms with E-state index in [1.54, 1.807) is 7.11 Å². The van der Waals surface area contributed by atoms with Gasteiger partial charge >= 0.3 is 0 Å². The largest absolute Gasteiger partial charge is 0.497 e. The summed E-state index contributed by atoms with van der Waals surface area (Å²) in [6.45, 7) is 2.85. The van der Waals surface area contributed by atoms with Crippen molar-refractivity contribution < 1.29 is 9.53 Å². The summed E-state index contributed by atoms with van der Waals surface area (Å²) < 4.78 is 7.13. The minimum Gasteiger partial charge on any atom is -0.497 e. The van der Waals surface area contributed by atoms with Gasteiger partial charge in [-0.3, -0.25) is 4.79 Å². The summed E-state index contributed by atoms with van der Waals surface area (Å²) in [4.78, 5) is 17.7. The lowest BCUT2D eigenvalue weighted by Crippen LogP contribution is -2.35. The number of aromatic nitrogens is 2. The molecule has 1 aromatic heterocycles. The molecule has 0 aliphatic carbocycles. The lowest BCUT2D eigenvalue weighted by molar-refractivity contribution is 0.0760. The smallest absolute Gasteiger partial charge is 0.274 e. The van der Waals surface area contributed by atoms with E-state index in [1.807, 2.05) is 94.5 Å². The molecule has 0 spiro atoms. The molecule has 3 aromatic carbocycles. The van der Waals surface area contributed by atoms with Gasteiger partial charge in [0, 0.05) is 37.4 Å². The predicted molar refractivity (Wildman–Crippen MR) is 139 cm³/mol. The summed E-state index contributed by atoms with van der Waals surface area (Å²) in [6, 6.07) is 29.3. The van der Waals surface area contributed by atoms with Gasteiger partial charge in [0.2, 0.25) is 0 Å². The molecule has 180 valence electrons. The fourth-order valence-electron chi connectivity index (χ4n) is 4.51. The van der Waals surface area contributed by atoms with Crippen LogP contribution in [0.15, 0.2) is 84.9 Å². The number of rotatable bonds is 5. The number of hydrogen-bond donors (Lipinski definition) is 0. The molecule has 7 nitrogen and oxygen atoms in total. The first-order valence-corrected chi connectivity index (χ1v) is 12.0. The molecule has 7 heteroatoms. The Hall–Kier alpha value is -4.57. The van der Waals surface area contributed by atoms with Gasteiger partial charge in [-0.1, -0.05) is 18.2 Å². The van der Waals surface area contributed by atoms with E-state index in [0.29, 0.717) is 24.3 Å². The monoisotopic (exact) mass is 477 g/mol. The van der Waals surface area contributed by atoms with Gasteiger partial charge in [-0.2, -0.15) is 10.4 Å². The molecule has 0 bridgehead atoms. The Balaban J connectivity index is 1.40. The van der Waals surface area contributed by atoms with Crippen molar-refractivity contribution in [3.63, 3.8) is 0 Å². The first kappa shape index (κ1) is 23.2. The van der Waals surface area contributed by atoms with Crippen LogP contribution in [-0.2, 0) is 0 Å². The number of nitriles is 1. The second-order valence-corrected chi connectivity index (χ2v) is 8.68. The zero-order valence-corrected chi connectivity index (χ0v) is 20.2. The Labute approximate surface area is 210 Å². The van der Waals surface area contributed by atoms with Crippen LogP contribution in [0, 0.1) is 11.3 Å². The number of carbonyl (C=O) groups excluding carboxylic acids is 1. The quantitative estimate of drug-likeness (QED) is 0.414. The summed E-state index contributed by atoms with van der Waals surface area (Å²) >= 11 is 0. The highest BCUT2D eigenvalue weighted by Crippen LogP contribution is 2.27. The van der Waals surface area contributed by atoms with Gasteiger partial charge in [-0.15, -0.1) is 0 Å². The van der Waals surface area contributed by atoms with Crippen LogP contribution in [0.2, 0.25) is 0 Å². The molecule has 36 heavy (non-hydrogen) atoms. The molecule has 0 radical (unpaired) electrons. The van der Waals surface area contributed by atoms with Crippen molar-refractivity contribution >= 4 is 11.6 Å². The van der Waals surface area contributed by atoms with Crippen LogP contribution in [0.3, 0.4) is 0 Å². The minimum absolute atomic E-state index is 0.0684. The van der Waals surface area contributed by atoms with Gasteiger partial charge in [-0.25, -0.2) is 4.68 Å². The standard InChI is InChI=1S/C29H27N5O2/c1-36-26-14-10-23(11-15-26)28-20-27(31-34(28)25-6-3-2-4-7-25)29(35)33-17-5-16-32(18-19-33)24-12-8-22(21-30)9-13-24/h2-4,6-15,20H,5,16-19H2,1H3. The molecular formula is C29H27N5O2. The highest BCUT2D eigenvalue weighted by atomic mass is 16.5. The second-order valence-electron chi connectivity index (χ2n) is 8.68. The number of para-hydroxylation sites is 1. The molecule has 1 saturated heterocycles. The normalized spacial score (nSPS) is 13.7. The molecule has 1 aliphatic heterocycles. The second kappa shape index (κ2) is 10.4. The van der Waals surface area contributed by atoms with Crippen molar-refractivity contribution in [3.8, 4) is 28.8 Å². The van der Waals surface area contributed by atoms with Crippen LogP contribution in [0.1, 0.15) is 22.5 Å². The molecule has 2 heterocycles. The van der Waals surface area contributed by atoms with Gasteiger partial charge in [0.1, 0.15) is 5.75 Å². The van der Waals surface area contributed by atoms with Crippen molar-refractivity contribution in [3.05, 3.63) is 96.2 Å². The summed E-state index contributed by atoms with van der Waals surface area (Å²) in [7, 11) is 1.64. The highest BCUT2D eigenvalue weighted by molar-refractivity contribution is 5.93. The van der Waals surface area contributed by atoms with Gasteiger partial charge in [0.05, 0.1) is 30.1 Å². The number of methoxy groups -OCH3 is 1. The third kappa shape index (κ3) is 4.80. The van der Waals surface area contributed by atoms with Gasteiger partial charge in [0.25, 0.3) is 5.91 Å². The maximum atomic E-state index is 13.6. The maximum absolute atomic E-state index is 13.6. The number of amides is 1. The van der Waals surface area contributed by atoms with E-state index in [9.17, 15) is 4.79 Å². The van der Waals surface area contributed by atoms with E-state index in [-0.39, 0.29) is 5.91 Å². The van der Waals surface area contributed by atoms with Crippen molar-refractivity contribution in [2.45, 2.75) is 6.42 Å². The van der Waals surface area contributed by atoms with E-state index >= 15 is 0 Å². The van der Waals surface area contributed by atoms with Crippen LogP contribution in [0.5, 0.6) is 5.75 Å². The zero-order valence-electron chi connectivity index (χ0n) is 20.2. The van der Waals surface area contributed by atoms with Crippen LogP contribution >= 0.6 is 0 Å². The van der Waals surface area contributed by atoms with E-state index in [0.717, 1.165) is 47.9 Å². The first-order chi connectivity index (χ1) is 17.7. The third-order valence-electron chi connectivity index (χ3n) is 6.46. The minimum atomic E-state index is -0.0684. The number of ether oxygens (including phenoxy) is 1. The van der Waals surface area contributed by atoms with E-state index in [1.165, 1.54) is 0 Å². The predicted octanol–water partition coefficient (Wildman–Crippen LogP) is 4.77. The van der Waals surface area contributed by atoms with Crippen LogP contribution < -0.4 is 9.64 Å². The lowest BCUT2D eigenvalue weighted by Gasteiger charge is -2.23. The number of nitrogens with zero attached hydrogens (tertiary/aromatic N) is 5. The Kier molecular flexibility index (Phi) is 6.67. The van der Waals surface area contributed by atoms with Crippen molar-refractivity contribution in [1.29, 1.82) is 5.26 Å². The zero-order chi connectivity index (χ0) is 24.9. The van der Waals surface area contributed by atoms with Crippen LogP contribution in [-0.4, -0.2) is 53.9 Å². The average Bonchev–Trinajstić information content (AvgIpc) is 3.24. The number of anilines is 1. The molecule has 0 unspecified atom stereocenters. The van der Waals surface area contributed by atoms with Gasteiger partial charge in [-0.05, 0) is 73.2 Å². The van der Waals surface area contributed by atoms with Crippen LogP contribution in [0.4, 0.5) is 5.69 Å². The first-order valence-electron chi connectivity index (χ1n) is 12.0. The Morgan fingerprint density at radius 2 is 1.64 bits per heavy atom. The highest BCUT2D eigenvalue weighted by Gasteiger charge is 2.24. The Bertz CT molecular complexity index is 1370. The molecule has 4 aromatic rings. The van der Waals surface area contributed by atoms with E-state index in [4.69, 9.17) is 15.1 Å². The summed E-state index contributed by atoms with van der Waals surface area (Å²) in [5.41, 5.74) is 4.84. The molecule has 1 amide bonds. The topological polar surface area (TPSA) is 74.4 Å². The summed E-state index contributed by atoms with van der Waals surface area (Å²) in [5, 5.41) is 13.8. The van der Waals surface area contributed by atoms with E-state index < -0.39 is 0 Å². The number of benzene rings is 3. The Morgan fingerprint density at radius 1 is 0.889 bits per heavy atom.